The maximum atomic E-state index is 13.6. The van der Waals surface area contributed by atoms with Crippen molar-refractivity contribution in [3.05, 3.63) is 42.2 Å². The summed E-state index contributed by atoms with van der Waals surface area (Å²) < 4.78 is 24.5. The molecule has 0 radical (unpaired) electrons. The molecule has 0 bridgehead atoms. The smallest absolute Gasteiger partial charge is 0.167 e. The van der Waals surface area contributed by atoms with Crippen molar-refractivity contribution >= 4 is 17.4 Å². The fourth-order valence-electron chi connectivity index (χ4n) is 1.68. The van der Waals surface area contributed by atoms with Crippen molar-refractivity contribution in [2.75, 3.05) is 18.6 Å². The van der Waals surface area contributed by atoms with Gasteiger partial charge in [0.15, 0.2) is 17.3 Å². The number of hydrogen-bond donors (Lipinski definition) is 1. The standard InChI is InChI=1S/C15H16FNO2S/c1-3-18-14-9-15(13(17)8-12(14)16)19-10-4-6-11(20-2)7-5-10/h4-9H,3,17H2,1-2H3. The summed E-state index contributed by atoms with van der Waals surface area (Å²) in [6.07, 6.45) is 2.00. The average Bonchev–Trinajstić information content (AvgIpc) is 2.45. The van der Waals surface area contributed by atoms with Crippen LogP contribution >= 0.6 is 11.8 Å². The number of thioether (sulfide) groups is 1. The van der Waals surface area contributed by atoms with Gasteiger partial charge >= 0.3 is 0 Å². The summed E-state index contributed by atoms with van der Waals surface area (Å²) >= 11 is 1.65. The lowest BCUT2D eigenvalue weighted by atomic mass is 10.2. The minimum Gasteiger partial charge on any atom is -0.491 e. The zero-order valence-corrected chi connectivity index (χ0v) is 12.2. The van der Waals surface area contributed by atoms with Gasteiger partial charge in [-0.05, 0) is 37.4 Å². The van der Waals surface area contributed by atoms with Crippen molar-refractivity contribution < 1.29 is 13.9 Å². The SMILES string of the molecule is CCOc1cc(Oc2ccc(SC)cc2)c(N)cc1F. The topological polar surface area (TPSA) is 44.5 Å². The van der Waals surface area contributed by atoms with Crippen LogP contribution in [0.3, 0.4) is 0 Å². The predicted octanol–water partition coefficient (Wildman–Crippen LogP) is 4.32. The Hall–Kier alpha value is -1.88. The number of ether oxygens (including phenoxy) is 2. The number of benzene rings is 2. The van der Waals surface area contributed by atoms with E-state index in [2.05, 4.69) is 0 Å². The number of nitrogen functional groups attached to an aromatic ring is 1. The second-order valence-electron chi connectivity index (χ2n) is 4.03. The van der Waals surface area contributed by atoms with E-state index in [4.69, 9.17) is 15.2 Å². The lowest BCUT2D eigenvalue weighted by Crippen LogP contribution is -1.98. The van der Waals surface area contributed by atoms with E-state index in [-0.39, 0.29) is 11.4 Å². The molecule has 3 nitrogen and oxygen atoms in total. The Bertz CT molecular complexity index is 587. The molecule has 20 heavy (non-hydrogen) atoms. The fourth-order valence-corrected chi connectivity index (χ4v) is 2.08. The summed E-state index contributed by atoms with van der Waals surface area (Å²) in [6, 6.07) is 10.3. The van der Waals surface area contributed by atoms with Gasteiger partial charge in [0.2, 0.25) is 0 Å². The molecule has 0 spiro atoms. The van der Waals surface area contributed by atoms with Crippen LogP contribution in [-0.2, 0) is 0 Å². The molecule has 0 aliphatic carbocycles. The molecule has 0 amide bonds. The number of hydrogen-bond acceptors (Lipinski definition) is 4. The molecule has 0 unspecified atom stereocenters. The highest BCUT2D eigenvalue weighted by Gasteiger charge is 2.10. The summed E-state index contributed by atoms with van der Waals surface area (Å²) in [5, 5.41) is 0. The van der Waals surface area contributed by atoms with Gasteiger partial charge in [0.1, 0.15) is 5.75 Å². The first-order chi connectivity index (χ1) is 9.63. The predicted molar refractivity (Wildman–Crippen MR) is 80.3 cm³/mol. The number of nitrogens with two attached hydrogens (primary N) is 1. The molecule has 0 aliphatic heterocycles. The second kappa shape index (κ2) is 6.52. The highest BCUT2D eigenvalue weighted by Crippen LogP contribution is 2.34. The third-order valence-electron chi connectivity index (χ3n) is 2.65. The van der Waals surface area contributed by atoms with Gasteiger partial charge in [0.25, 0.3) is 0 Å². The van der Waals surface area contributed by atoms with E-state index in [1.165, 1.54) is 12.1 Å². The maximum absolute atomic E-state index is 13.6. The van der Waals surface area contributed by atoms with Gasteiger partial charge < -0.3 is 15.2 Å². The molecule has 0 saturated carbocycles. The first-order valence-electron chi connectivity index (χ1n) is 6.17. The van der Waals surface area contributed by atoms with E-state index in [1.807, 2.05) is 30.5 Å². The highest BCUT2D eigenvalue weighted by atomic mass is 32.2. The van der Waals surface area contributed by atoms with Gasteiger partial charge in [-0.25, -0.2) is 4.39 Å². The molecular weight excluding hydrogens is 277 g/mol. The monoisotopic (exact) mass is 293 g/mol. The van der Waals surface area contributed by atoms with Crippen LogP contribution in [0.15, 0.2) is 41.3 Å². The summed E-state index contributed by atoms with van der Waals surface area (Å²) in [5.41, 5.74) is 6.00. The van der Waals surface area contributed by atoms with Crippen molar-refractivity contribution in [3.63, 3.8) is 0 Å². The zero-order valence-electron chi connectivity index (χ0n) is 11.4. The molecular formula is C15H16FNO2S. The van der Waals surface area contributed by atoms with Gasteiger partial charge in [0.05, 0.1) is 12.3 Å². The van der Waals surface area contributed by atoms with Crippen LogP contribution in [-0.4, -0.2) is 12.9 Å². The molecule has 2 rings (SSSR count). The highest BCUT2D eigenvalue weighted by molar-refractivity contribution is 7.98. The van der Waals surface area contributed by atoms with Crippen LogP contribution in [0.2, 0.25) is 0 Å². The molecule has 5 heteroatoms. The van der Waals surface area contributed by atoms with E-state index in [9.17, 15) is 4.39 Å². The van der Waals surface area contributed by atoms with Gasteiger partial charge in [-0.3, -0.25) is 0 Å². The van der Waals surface area contributed by atoms with Crippen molar-refractivity contribution in [2.45, 2.75) is 11.8 Å². The molecule has 2 aromatic rings. The van der Waals surface area contributed by atoms with E-state index >= 15 is 0 Å². The molecule has 0 fully saturated rings. The Balaban J connectivity index is 2.25. The molecule has 0 heterocycles. The number of anilines is 1. The first kappa shape index (κ1) is 14.5. The van der Waals surface area contributed by atoms with Crippen molar-refractivity contribution in [1.82, 2.24) is 0 Å². The third-order valence-corrected chi connectivity index (χ3v) is 3.39. The van der Waals surface area contributed by atoms with Crippen LogP contribution in [0.5, 0.6) is 17.2 Å². The largest absolute Gasteiger partial charge is 0.491 e. The molecule has 0 aromatic heterocycles. The Morgan fingerprint density at radius 2 is 1.85 bits per heavy atom. The third kappa shape index (κ3) is 3.36. The minimum absolute atomic E-state index is 0.137. The Morgan fingerprint density at radius 3 is 2.45 bits per heavy atom. The second-order valence-corrected chi connectivity index (χ2v) is 4.91. The summed E-state index contributed by atoms with van der Waals surface area (Å²) in [6.45, 7) is 2.17. The molecule has 106 valence electrons. The molecule has 0 atom stereocenters. The van der Waals surface area contributed by atoms with Gasteiger partial charge in [-0.15, -0.1) is 11.8 Å². The minimum atomic E-state index is -0.491. The van der Waals surface area contributed by atoms with Crippen LogP contribution < -0.4 is 15.2 Å². The van der Waals surface area contributed by atoms with E-state index in [1.54, 1.807) is 18.7 Å². The molecule has 0 saturated heterocycles. The van der Waals surface area contributed by atoms with E-state index < -0.39 is 5.82 Å². The normalized spacial score (nSPS) is 10.3. The summed E-state index contributed by atoms with van der Waals surface area (Å²) in [5.74, 6) is 0.669. The van der Waals surface area contributed by atoms with Gasteiger partial charge in [0, 0.05) is 17.0 Å². The number of rotatable bonds is 5. The quantitative estimate of drug-likeness (QED) is 0.658. The fraction of sp³-hybridized carbons (Fsp3) is 0.200. The summed E-state index contributed by atoms with van der Waals surface area (Å²) in [7, 11) is 0. The van der Waals surface area contributed by atoms with Crippen LogP contribution in [0.25, 0.3) is 0 Å². The number of halogens is 1. The Morgan fingerprint density at radius 1 is 1.15 bits per heavy atom. The maximum Gasteiger partial charge on any atom is 0.167 e. The van der Waals surface area contributed by atoms with E-state index in [0.29, 0.717) is 18.1 Å². The van der Waals surface area contributed by atoms with Crippen molar-refractivity contribution in [1.29, 1.82) is 0 Å². The van der Waals surface area contributed by atoms with Gasteiger partial charge in [-0.2, -0.15) is 0 Å². The molecule has 0 aliphatic rings. The van der Waals surface area contributed by atoms with Crippen LogP contribution in [0.4, 0.5) is 10.1 Å². The van der Waals surface area contributed by atoms with Crippen molar-refractivity contribution in [2.24, 2.45) is 0 Å². The Kier molecular flexibility index (Phi) is 4.74. The Labute approximate surface area is 121 Å². The zero-order chi connectivity index (χ0) is 14.5. The van der Waals surface area contributed by atoms with Crippen LogP contribution in [0, 0.1) is 5.82 Å². The first-order valence-corrected chi connectivity index (χ1v) is 7.40. The lowest BCUT2D eigenvalue weighted by Gasteiger charge is -2.12. The molecule has 2 N–H and O–H groups in total. The van der Waals surface area contributed by atoms with Gasteiger partial charge in [-0.1, -0.05) is 0 Å². The lowest BCUT2D eigenvalue weighted by molar-refractivity contribution is 0.319. The average molecular weight is 293 g/mol. The molecule has 2 aromatic carbocycles. The van der Waals surface area contributed by atoms with Crippen molar-refractivity contribution in [3.8, 4) is 17.2 Å². The van der Waals surface area contributed by atoms with Crippen LogP contribution in [0.1, 0.15) is 6.92 Å². The summed E-state index contributed by atoms with van der Waals surface area (Å²) in [4.78, 5) is 1.14. The van der Waals surface area contributed by atoms with E-state index in [0.717, 1.165) is 4.90 Å².